The van der Waals surface area contributed by atoms with Crippen molar-refractivity contribution in [3.05, 3.63) is 35.4 Å². The maximum absolute atomic E-state index is 11.9. The van der Waals surface area contributed by atoms with E-state index in [4.69, 9.17) is 0 Å². The van der Waals surface area contributed by atoms with Gasteiger partial charge in [0.05, 0.1) is 6.04 Å². The molecule has 1 heterocycles. The van der Waals surface area contributed by atoms with Crippen LogP contribution in [0.1, 0.15) is 62.6 Å². The van der Waals surface area contributed by atoms with Gasteiger partial charge in [-0.05, 0) is 44.8 Å². The first kappa shape index (κ1) is 17.0. The second-order valence-electron chi connectivity index (χ2n) is 6.43. The van der Waals surface area contributed by atoms with Gasteiger partial charge in [0.1, 0.15) is 0 Å². The number of benzene rings is 1. The van der Waals surface area contributed by atoms with E-state index >= 15 is 0 Å². The molecule has 1 saturated heterocycles. The Morgan fingerprint density at radius 2 is 1.86 bits per heavy atom. The van der Waals surface area contributed by atoms with Crippen LogP contribution in [0.5, 0.6) is 0 Å². The first-order chi connectivity index (χ1) is 10.7. The highest BCUT2D eigenvalue weighted by Crippen LogP contribution is 2.24. The van der Waals surface area contributed by atoms with E-state index in [9.17, 15) is 4.79 Å². The third kappa shape index (κ3) is 5.13. The topological polar surface area (TPSA) is 32.3 Å². The van der Waals surface area contributed by atoms with E-state index in [1.54, 1.807) is 0 Å². The highest BCUT2D eigenvalue weighted by atomic mass is 16.1. The van der Waals surface area contributed by atoms with Crippen LogP contribution >= 0.6 is 0 Å². The minimum atomic E-state index is 0.191. The van der Waals surface area contributed by atoms with E-state index in [0.29, 0.717) is 12.5 Å². The van der Waals surface area contributed by atoms with E-state index in [0.717, 1.165) is 32.5 Å². The van der Waals surface area contributed by atoms with Crippen LogP contribution in [-0.2, 0) is 4.79 Å². The van der Waals surface area contributed by atoms with Crippen molar-refractivity contribution in [1.29, 1.82) is 0 Å². The fourth-order valence-electron chi connectivity index (χ4n) is 3.11. The van der Waals surface area contributed by atoms with Crippen molar-refractivity contribution in [2.24, 2.45) is 0 Å². The monoisotopic (exact) mass is 302 g/mol. The molecule has 1 aliphatic heterocycles. The molecule has 1 N–H and O–H groups in total. The molecule has 0 aliphatic carbocycles. The Morgan fingerprint density at radius 3 is 2.50 bits per heavy atom. The summed E-state index contributed by atoms with van der Waals surface area (Å²) in [6.07, 6.45) is 6.57. The molecule has 3 nitrogen and oxygen atoms in total. The highest BCUT2D eigenvalue weighted by Gasteiger charge is 2.22. The summed E-state index contributed by atoms with van der Waals surface area (Å²) in [7, 11) is 0. The van der Waals surface area contributed by atoms with E-state index in [1.807, 2.05) is 0 Å². The molecular weight excluding hydrogens is 272 g/mol. The summed E-state index contributed by atoms with van der Waals surface area (Å²) in [4.78, 5) is 14.5. The summed E-state index contributed by atoms with van der Waals surface area (Å²) in [5.41, 5.74) is 2.61. The van der Waals surface area contributed by atoms with Crippen molar-refractivity contribution < 1.29 is 4.79 Å². The van der Waals surface area contributed by atoms with Crippen molar-refractivity contribution >= 4 is 5.91 Å². The summed E-state index contributed by atoms with van der Waals surface area (Å²) < 4.78 is 0. The van der Waals surface area contributed by atoms with Crippen molar-refractivity contribution in [2.75, 3.05) is 19.6 Å². The van der Waals surface area contributed by atoms with Crippen LogP contribution in [0.4, 0.5) is 0 Å². The first-order valence-corrected chi connectivity index (χ1v) is 8.78. The Morgan fingerprint density at radius 1 is 1.18 bits per heavy atom. The number of carbonyl (C=O) groups excluding carboxylic acids is 1. The van der Waals surface area contributed by atoms with Crippen LogP contribution in [0.15, 0.2) is 24.3 Å². The van der Waals surface area contributed by atoms with Gasteiger partial charge in [-0.2, -0.15) is 0 Å². The fraction of sp³-hybridized carbons (Fsp3) is 0.632. The molecule has 1 amide bonds. The van der Waals surface area contributed by atoms with Gasteiger partial charge in [0, 0.05) is 13.0 Å². The van der Waals surface area contributed by atoms with Crippen molar-refractivity contribution in [2.45, 2.75) is 58.4 Å². The maximum Gasteiger partial charge on any atom is 0.220 e. The molecule has 1 fully saturated rings. The molecule has 2 rings (SSSR count). The van der Waals surface area contributed by atoms with Crippen LogP contribution < -0.4 is 5.32 Å². The van der Waals surface area contributed by atoms with Gasteiger partial charge in [-0.15, -0.1) is 0 Å². The lowest BCUT2D eigenvalue weighted by molar-refractivity contribution is -0.121. The molecular formula is C19H30N2O. The maximum atomic E-state index is 11.9. The van der Waals surface area contributed by atoms with Crippen LogP contribution in [0.3, 0.4) is 0 Å². The van der Waals surface area contributed by atoms with Crippen LogP contribution in [0, 0.1) is 6.92 Å². The van der Waals surface area contributed by atoms with Crippen LogP contribution in [-0.4, -0.2) is 30.4 Å². The minimum Gasteiger partial charge on any atom is -0.354 e. The van der Waals surface area contributed by atoms with Gasteiger partial charge >= 0.3 is 0 Å². The van der Waals surface area contributed by atoms with E-state index in [1.165, 1.54) is 30.4 Å². The Hall–Kier alpha value is -1.35. The normalized spacial score (nSPS) is 17.2. The highest BCUT2D eigenvalue weighted by molar-refractivity contribution is 5.75. The van der Waals surface area contributed by atoms with Gasteiger partial charge in [-0.1, -0.05) is 49.6 Å². The van der Waals surface area contributed by atoms with E-state index < -0.39 is 0 Å². The Kier molecular flexibility index (Phi) is 6.91. The number of hydrogen-bond acceptors (Lipinski definition) is 2. The fourth-order valence-corrected chi connectivity index (χ4v) is 3.11. The third-order valence-electron chi connectivity index (χ3n) is 4.54. The molecule has 1 aromatic rings. The molecule has 1 atom stereocenters. The SMILES string of the molecule is CCCCC(=O)NC[C@H](c1ccc(C)cc1)N1CCCCC1. The quantitative estimate of drug-likeness (QED) is 0.830. The lowest BCUT2D eigenvalue weighted by Gasteiger charge is -2.35. The van der Waals surface area contributed by atoms with Gasteiger partial charge in [-0.25, -0.2) is 0 Å². The molecule has 1 aliphatic rings. The van der Waals surface area contributed by atoms with Gasteiger partial charge in [0.25, 0.3) is 0 Å². The molecule has 122 valence electrons. The van der Waals surface area contributed by atoms with Crippen molar-refractivity contribution in [3.8, 4) is 0 Å². The molecule has 1 aromatic carbocycles. The predicted octanol–water partition coefficient (Wildman–Crippen LogP) is 3.83. The number of nitrogens with zero attached hydrogens (tertiary/aromatic N) is 1. The summed E-state index contributed by atoms with van der Waals surface area (Å²) >= 11 is 0. The zero-order valence-corrected chi connectivity index (χ0v) is 14.1. The number of likely N-dealkylation sites (tertiary alicyclic amines) is 1. The smallest absolute Gasteiger partial charge is 0.220 e. The van der Waals surface area contributed by atoms with Gasteiger partial charge in [0.2, 0.25) is 5.91 Å². The third-order valence-corrected chi connectivity index (χ3v) is 4.54. The second kappa shape index (κ2) is 8.94. The summed E-state index contributed by atoms with van der Waals surface area (Å²) in [5.74, 6) is 0.191. The minimum absolute atomic E-state index is 0.191. The number of hydrogen-bond donors (Lipinski definition) is 1. The average Bonchev–Trinajstić information content (AvgIpc) is 2.55. The Balaban J connectivity index is 2.01. The standard InChI is InChI=1S/C19H30N2O/c1-3-4-8-19(22)20-15-18(21-13-6-5-7-14-21)17-11-9-16(2)10-12-17/h9-12,18H,3-8,13-15H2,1-2H3,(H,20,22)/t18-/m1/s1. The molecule has 3 heteroatoms. The molecule has 0 bridgehead atoms. The molecule has 0 saturated carbocycles. The number of unbranched alkanes of at least 4 members (excludes halogenated alkanes) is 1. The van der Waals surface area contributed by atoms with E-state index in [-0.39, 0.29) is 5.91 Å². The number of carbonyl (C=O) groups is 1. The van der Waals surface area contributed by atoms with Crippen LogP contribution in [0.25, 0.3) is 0 Å². The predicted molar refractivity (Wildman–Crippen MR) is 91.9 cm³/mol. The summed E-state index contributed by atoms with van der Waals surface area (Å²) in [6, 6.07) is 9.09. The molecule has 0 unspecified atom stereocenters. The largest absolute Gasteiger partial charge is 0.354 e. The van der Waals surface area contributed by atoms with Crippen LogP contribution in [0.2, 0.25) is 0 Å². The molecule has 0 radical (unpaired) electrons. The van der Waals surface area contributed by atoms with Crippen molar-refractivity contribution in [1.82, 2.24) is 10.2 Å². The first-order valence-electron chi connectivity index (χ1n) is 8.78. The molecule has 22 heavy (non-hydrogen) atoms. The second-order valence-corrected chi connectivity index (χ2v) is 6.43. The van der Waals surface area contributed by atoms with E-state index in [2.05, 4.69) is 48.3 Å². The summed E-state index contributed by atoms with van der Waals surface area (Å²) in [5, 5.41) is 3.15. The number of aryl methyl sites for hydroxylation is 1. The lowest BCUT2D eigenvalue weighted by atomic mass is 10.0. The Labute approximate surface area is 135 Å². The van der Waals surface area contributed by atoms with Gasteiger partial charge < -0.3 is 5.32 Å². The molecule has 0 aromatic heterocycles. The summed E-state index contributed by atoms with van der Waals surface area (Å²) in [6.45, 7) is 7.25. The number of nitrogens with one attached hydrogen (secondary N) is 1. The van der Waals surface area contributed by atoms with Crippen molar-refractivity contribution in [3.63, 3.8) is 0 Å². The zero-order chi connectivity index (χ0) is 15.8. The lowest BCUT2D eigenvalue weighted by Crippen LogP contribution is -2.40. The van der Waals surface area contributed by atoms with Gasteiger partial charge in [-0.3, -0.25) is 9.69 Å². The number of piperidine rings is 1. The average molecular weight is 302 g/mol. The molecule has 0 spiro atoms. The number of amides is 1. The number of rotatable bonds is 7. The zero-order valence-electron chi connectivity index (χ0n) is 14.1. The van der Waals surface area contributed by atoms with Gasteiger partial charge in [0.15, 0.2) is 0 Å². The Bertz CT molecular complexity index is 449.